The van der Waals surface area contributed by atoms with Gasteiger partial charge in [0.25, 0.3) is 0 Å². The molecule has 1 aromatic carbocycles. The zero-order valence-electron chi connectivity index (χ0n) is 16.8. The van der Waals surface area contributed by atoms with E-state index in [4.69, 9.17) is 4.98 Å². The summed E-state index contributed by atoms with van der Waals surface area (Å²) in [6.07, 6.45) is 1.56. The zero-order chi connectivity index (χ0) is 19.6. The minimum atomic E-state index is -0.421. The van der Waals surface area contributed by atoms with E-state index in [0.29, 0.717) is 0 Å². The molecule has 1 aliphatic rings. The molecule has 146 valence electrons. The van der Waals surface area contributed by atoms with E-state index in [0.717, 1.165) is 49.5 Å². The Morgan fingerprint density at radius 3 is 2.48 bits per heavy atom. The molecule has 0 unspecified atom stereocenters. The van der Waals surface area contributed by atoms with Gasteiger partial charge in [0.05, 0.1) is 17.6 Å². The molecule has 27 heavy (non-hydrogen) atoms. The number of aromatic nitrogens is 2. The molecule has 0 atom stereocenters. The molecular weight excluding hydrogens is 340 g/mol. The molecule has 0 aliphatic carbocycles. The summed E-state index contributed by atoms with van der Waals surface area (Å²) in [7, 11) is 0. The first-order valence-electron chi connectivity index (χ1n) is 9.82. The summed E-state index contributed by atoms with van der Waals surface area (Å²) in [5, 5.41) is 2.83. The Kier molecular flexibility index (Phi) is 5.53. The maximum absolute atomic E-state index is 12.4. The number of amides is 1. The molecular formula is C21H30N4O2. The third-order valence-corrected chi connectivity index (χ3v) is 5.36. The smallest absolute Gasteiger partial charge is 0.223 e. The summed E-state index contributed by atoms with van der Waals surface area (Å²) in [5.74, 6) is 1.01. The highest BCUT2D eigenvalue weighted by atomic mass is 16.2. The summed E-state index contributed by atoms with van der Waals surface area (Å²) >= 11 is 0. The summed E-state index contributed by atoms with van der Waals surface area (Å²) in [6, 6.07) is 8.18. The van der Waals surface area contributed by atoms with Crippen LogP contribution in [0.1, 0.15) is 40.5 Å². The summed E-state index contributed by atoms with van der Waals surface area (Å²) in [4.78, 5) is 31.5. The first kappa shape index (κ1) is 19.4. The second kappa shape index (κ2) is 7.71. The van der Waals surface area contributed by atoms with Crippen molar-refractivity contribution in [3.05, 3.63) is 24.3 Å². The summed E-state index contributed by atoms with van der Waals surface area (Å²) in [5.41, 5.74) is 1.74. The largest absolute Gasteiger partial charge is 0.349 e. The predicted octanol–water partition coefficient (Wildman–Crippen LogP) is 3.00. The molecule has 6 nitrogen and oxygen atoms in total. The SMILES string of the molecule is CCn1c(N2CCC(C(=O)NCC(=O)C(C)(C)C)CC2)nc2ccccc21. The Labute approximate surface area is 160 Å². The maximum atomic E-state index is 12.4. The van der Waals surface area contributed by atoms with E-state index in [-0.39, 0.29) is 24.2 Å². The topological polar surface area (TPSA) is 67.2 Å². The van der Waals surface area contributed by atoms with Crippen molar-refractivity contribution in [2.45, 2.75) is 47.1 Å². The van der Waals surface area contributed by atoms with Gasteiger partial charge in [0, 0.05) is 31.0 Å². The van der Waals surface area contributed by atoms with Crippen LogP contribution in [0.2, 0.25) is 0 Å². The van der Waals surface area contributed by atoms with Crippen LogP contribution in [0.3, 0.4) is 0 Å². The number of imidazole rings is 1. The van der Waals surface area contributed by atoms with Gasteiger partial charge in [0.2, 0.25) is 11.9 Å². The van der Waals surface area contributed by atoms with Crippen molar-refractivity contribution in [2.75, 3.05) is 24.5 Å². The summed E-state index contributed by atoms with van der Waals surface area (Å²) < 4.78 is 2.23. The number of carbonyl (C=O) groups excluding carboxylic acids is 2. The molecule has 0 spiro atoms. The molecule has 0 bridgehead atoms. The first-order valence-corrected chi connectivity index (χ1v) is 9.82. The first-order chi connectivity index (χ1) is 12.8. The highest BCUT2D eigenvalue weighted by molar-refractivity contribution is 5.90. The van der Waals surface area contributed by atoms with E-state index in [2.05, 4.69) is 27.8 Å². The third kappa shape index (κ3) is 4.15. The van der Waals surface area contributed by atoms with E-state index in [1.54, 1.807) is 0 Å². The Morgan fingerprint density at radius 2 is 1.85 bits per heavy atom. The van der Waals surface area contributed by atoms with Crippen LogP contribution in [0.4, 0.5) is 5.95 Å². The highest BCUT2D eigenvalue weighted by Crippen LogP contribution is 2.27. The van der Waals surface area contributed by atoms with Gasteiger partial charge in [0.1, 0.15) is 0 Å². The number of anilines is 1. The van der Waals surface area contributed by atoms with E-state index in [9.17, 15) is 9.59 Å². The molecule has 0 saturated carbocycles. The monoisotopic (exact) mass is 370 g/mol. The normalized spacial score (nSPS) is 15.9. The Balaban J connectivity index is 1.61. The number of benzene rings is 1. The minimum Gasteiger partial charge on any atom is -0.349 e. The molecule has 2 aromatic rings. The number of fused-ring (bicyclic) bond motifs is 1. The fourth-order valence-electron chi connectivity index (χ4n) is 3.53. The van der Waals surface area contributed by atoms with Gasteiger partial charge in [-0.3, -0.25) is 9.59 Å². The van der Waals surface area contributed by atoms with Crippen LogP contribution in [-0.4, -0.2) is 40.9 Å². The summed E-state index contributed by atoms with van der Waals surface area (Å²) in [6.45, 7) is 10.3. The number of rotatable bonds is 5. The minimum absolute atomic E-state index is 0.00348. The third-order valence-electron chi connectivity index (χ3n) is 5.36. The van der Waals surface area contributed by atoms with Gasteiger partial charge in [-0.05, 0) is 31.9 Å². The number of hydrogen-bond acceptors (Lipinski definition) is 4. The Hall–Kier alpha value is -2.37. The second-order valence-corrected chi connectivity index (χ2v) is 8.30. The zero-order valence-corrected chi connectivity index (χ0v) is 16.8. The van der Waals surface area contributed by atoms with E-state index >= 15 is 0 Å². The van der Waals surface area contributed by atoms with Crippen LogP contribution in [0.15, 0.2) is 24.3 Å². The molecule has 0 radical (unpaired) electrons. The number of nitrogens with one attached hydrogen (secondary N) is 1. The van der Waals surface area contributed by atoms with Crippen LogP contribution >= 0.6 is 0 Å². The van der Waals surface area contributed by atoms with Gasteiger partial charge >= 0.3 is 0 Å². The molecule has 3 rings (SSSR count). The second-order valence-electron chi connectivity index (χ2n) is 8.30. The number of ketones is 1. The van der Waals surface area contributed by atoms with Crippen LogP contribution in [0.5, 0.6) is 0 Å². The van der Waals surface area contributed by atoms with Gasteiger partial charge in [0.15, 0.2) is 5.78 Å². The maximum Gasteiger partial charge on any atom is 0.223 e. The Bertz CT molecular complexity index is 826. The molecule has 6 heteroatoms. The number of hydrogen-bond donors (Lipinski definition) is 1. The lowest BCUT2D eigenvalue weighted by atomic mass is 9.90. The van der Waals surface area contributed by atoms with Crippen molar-refractivity contribution < 1.29 is 9.59 Å². The van der Waals surface area contributed by atoms with Gasteiger partial charge in [-0.2, -0.15) is 0 Å². The highest BCUT2D eigenvalue weighted by Gasteiger charge is 2.28. The molecule has 1 amide bonds. The van der Waals surface area contributed by atoms with Crippen molar-refractivity contribution in [2.24, 2.45) is 11.3 Å². The molecule has 1 N–H and O–H groups in total. The van der Waals surface area contributed by atoms with Crippen molar-refractivity contribution in [1.29, 1.82) is 0 Å². The van der Waals surface area contributed by atoms with E-state index < -0.39 is 5.41 Å². The average Bonchev–Trinajstić information content (AvgIpc) is 3.03. The van der Waals surface area contributed by atoms with Crippen molar-refractivity contribution in [3.8, 4) is 0 Å². The van der Waals surface area contributed by atoms with Crippen molar-refractivity contribution in [3.63, 3.8) is 0 Å². The van der Waals surface area contributed by atoms with Crippen molar-refractivity contribution in [1.82, 2.24) is 14.9 Å². The van der Waals surface area contributed by atoms with Gasteiger partial charge in [-0.1, -0.05) is 32.9 Å². The van der Waals surface area contributed by atoms with Crippen molar-refractivity contribution >= 4 is 28.7 Å². The number of piperidine rings is 1. The van der Waals surface area contributed by atoms with Gasteiger partial charge in [-0.15, -0.1) is 0 Å². The number of aryl methyl sites for hydroxylation is 1. The molecule has 1 fully saturated rings. The average molecular weight is 370 g/mol. The Morgan fingerprint density at radius 1 is 1.19 bits per heavy atom. The number of Topliss-reactive ketones (excluding diaryl/α,β-unsaturated/α-hetero) is 1. The molecule has 1 aromatic heterocycles. The number of nitrogens with zero attached hydrogens (tertiary/aromatic N) is 3. The quantitative estimate of drug-likeness (QED) is 0.879. The lowest BCUT2D eigenvalue weighted by molar-refractivity contribution is -0.131. The lowest BCUT2D eigenvalue weighted by Gasteiger charge is -2.32. The van der Waals surface area contributed by atoms with Crippen LogP contribution in [0.25, 0.3) is 11.0 Å². The fourth-order valence-corrected chi connectivity index (χ4v) is 3.53. The predicted molar refractivity (Wildman–Crippen MR) is 108 cm³/mol. The van der Waals surface area contributed by atoms with Gasteiger partial charge < -0.3 is 14.8 Å². The van der Waals surface area contributed by atoms with E-state index in [1.165, 1.54) is 0 Å². The van der Waals surface area contributed by atoms with E-state index in [1.807, 2.05) is 39.0 Å². The fraction of sp³-hybridized carbons (Fsp3) is 0.571. The van der Waals surface area contributed by atoms with Crippen LogP contribution < -0.4 is 10.2 Å². The molecule has 1 saturated heterocycles. The van der Waals surface area contributed by atoms with Crippen LogP contribution in [0, 0.1) is 11.3 Å². The number of para-hydroxylation sites is 2. The number of carbonyl (C=O) groups is 2. The molecule has 2 heterocycles. The van der Waals surface area contributed by atoms with Gasteiger partial charge in [-0.25, -0.2) is 4.98 Å². The van der Waals surface area contributed by atoms with Crippen LogP contribution in [-0.2, 0) is 16.1 Å². The standard InChI is InChI=1S/C21H30N4O2/c1-5-25-17-9-7-6-8-16(17)23-20(25)24-12-10-15(11-13-24)19(27)22-14-18(26)21(2,3)4/h6-9,15H,5,10-14H2,1-4H3,(H,22,27). The lowest BCUT2D eigenvalue weighted by Crippen LogP contribution is -2.43. The molecule has 1 aliphatic heterocycles.